The fourth-order valence-corrected chi connectivity index (χ4v) is 1.41. The summed E-state index contributed by atoms with van der Waals surface area (Å²) in [5.74, 6) is -1.57. The predicted octanol–water partition coefficient (Wildman–Crippen LogP) is 2.59. The molecule has 0 saturated carbocycles. The second kappa shape index (κ2) is 4.77. The molecule has 4 nitrogen and oxygen atoms in total. The van der Waals surface area contributed by atoms with Crippen LogP contribution in [-0.4, -0.2) is 23.6 Å². The molecular weight excluding hydrogens is 295 g/mol. The number of hydrogen-bond acceptors (Lipinski definition) is 4. The molecule has 0 aromatic carbocycles. The lowest BCUT2D eigenvalue weighted by molar-refractivity contribution is -0.275. The van der Waals surface area contributed by atoms with Crippen LogP contribution in [0.3, 0.4) is 0 Å². The molecule has 0 aliphatic rings. The molecule has 0 aliphatic heterocycles. The average molecular weight is 302 g/mol. The van der Waals surface area contributed by atoms with Crippen molar-refractivity contribution in [2.45, 2.75) is 11.7 Å². The normalized spacial score (nSPS) is 11.3. The van der Waals surface area contributed by atoms with Crippen molar-refractivity contribution >= 4 is 15.9 Å². The van der Waals surface area contributed by atoms with E-state index in [1.54, 1.807) is 0 Å². The molecule has 0 bridgehead atoms. The lowest BCUT2D eigenvalue weighted by Crippen LogP contribution is -2.18. The summed E-state index contributed by atoms with van der Waals surface area (Å²) in [4.78, 5) is 3.59. The van der Waals surface area contributed by atoms with Gasteiger partial charge in [0.1, 0.15) is 0 Å². The maximum absolute atomic E-state index is 12.0. The summed E-state index contributed by atoms with van der Waals surface area (Å²) in [5, 5.41) is 9.68. The maximum atomic E-state index is 12.0. The minimum atomic E-state index is -4.86. The van der Waals surface area contributed by atoms with Gasteiger partial charge in [-0.05, 0) is 0 Å². The zero-order valence-electron chi connectivity index (χ0n) is 8.01. The van der Waals surface area contributed by atoms with E-state index < -0.39 is 23.6 Å². The Balaban J connectivity index is 3.16. The highest BCUT2D eigenvalue weighted by molar-refractivity contribution is 9.08. The zero-order valence-corrected chi connectivity index (χ0v) is 9.59. The second-order valence-electron chi connectivity index (χ2n) is 2.63. The highest BCUT2D eigenvalue weighted by Crippen LogP contribution is 2.40. The lowest BCUT2D eigenvalue weighted by atomic mass is 10.3. The maximum Gasteiger partial charge on any atom is 0.573 e. The molecule has 1 rings (SSSR count). The minimum Gasteiger partial charge on any atom is -0.503 e. The lowest BCUT2D eigenvalue weighted by Gasteiger charge is -2.14. The van der Waals surface area contributed by atoms with Gasteiger partial charge in [0.05, 0.1) is 19.0 Å². The Labute approximate surface area is 97.1 Å². The molecule has 0 amide bonds. The molecule has 0 spiro atoms. The average Bonchev–Trinajstić information content (AvgIpc) is 2.16. The third kappa shape index (κ3) is 2.91. The smallest absolute Gasteiger partial charge is 0.503 e. The summed E-state index contributed by atoms with van der Waals surface area (Å²) < 4.78 is 44.2. The van der Waals surface area contributed by atoms with Crippen molar-refractivity contribution in [3.63, 3.8) is 0 Å². The standard InChI is InChI=1S/C8H7BrF3NO3/c1-15-7-5(16-8(10,11)12)3-13-4(2-9)6(7)14/h3,14H,2H2,1H3. The molecule has 0 atom stereocenters. The number of methoxy groups -OCH3 is 1. The fourth-order valence-electron chi connectivity index (χ4n) is 0.997. The molecule has 0 aliphatic carbocycles. The van der Waals surface area contributed by atoms with Crippen LogP contribution in [-0.2, 0) is 5.33 Å². The molecule has 1 N–H and O–H groups in total. The van der Waals surface area contributed by atoms with Crippen LogP contribution in [0, 0.1) is 0 Å². The van der Waals surface area contributed by atoms with Crippen LogP contribution in [0.25, 0.3) is 0 Å². The first-order chi connectivity index (χ1) is 7.39. The predicted molar refractivity (Wildman–Crippen MR) is 51.8 cm³/mol. The van der Waals surface area contributed by atoms with Crippen molar-refractivity contribution in [3.05, 3.63) is 11.9 Å². The van der Waals surface area contributed by atoms with Crippen molar-refractivity contribution in [2.75, 3.05) is 7.11 Å². The number of rotatable bonds is 3. The SMILES string of the molecule is COc1c(OC(F)(F)F)cnc(CBr)c1O. The minimum absolute atomic E-state index is 0.159. The van der Waals surface area contributed by atoms with Gasteiger partial charge < -0.3 is 14.6 Å². The first-order valence-electron chi connectivity index (χ1n) is 3.95. The second-order valence-corrected chi connectivity index (χ2v) is 3.19. The third-order valence-electron chi connectivity index (χ3n) is 1.61. The van der Waals surface area contributed by atoms with Crippen LogP contribution >= 0.6 is 15.9 Å². The van der Waals surface area contributed by atoms with Crippen LogP contribution in [0.5, 0.6) is 17.2 Å². The van der Waals surface area contributed by atoms with E-state index in [0.717, 1.165) is 13.3 Å². The molecule has 8 heteroatoms. The van der Waals surface area contributed by atoms with E-state index in [4.69, 9.17) is 0 Å². The van der Waals surface area contributed by atoms with Crippen LogP contribution < -0.4 is 9.47 Å². The summed E-state index contributed by atoms with van der Waals surface area (Å²) in [6.45, 7) is 0. The Hall–Kier alpha value is -1.18. The van der Waals surface area contributed by atoms with Crippen molar-refractivity contribution in [1.82, 2.24) is 4.98 Å². The summed E-state index contributed by atoms with van der Waals surface area (Å²) >= 11 is 3.02. The Kier molecular flexibility index (Phi) is 3.84. The monoisotopic (exact) mass is 301 g/mol. The molecule has 0 saturated heterocycles. The quantitative estimate of drug-likeness (QED) is 0.872. The van der Waals surface area contributed by atoms with Crippen LogP contribution in [0.2, 0.25) is 0 Å². The van der Waals surface area contributed by atoms with Gasteiger partial charge in [0.25, 0.3) is 0 Å². The fraction of sp³-hybridized carbons (Fsp3) is 0.375. The molecule has 16 heavy (non-hydrogen) atoms. The van der Waals surface area contributed by atoms with E-state index in [-0.39, 0.29) is 11.0 Å². The summed E-state index contributed by atoms with van der Waals surface area (Å²) in [6, 6.07) is 0. The molecule has 90 valence electrons. The van der Waals surface area contributed by atoms with Gasteiger partial charge in [0, 0.05) is 5.33 Å². The third-order valence-corrected chi connectivity index (χ3v) is 2.14. The Morgan fingerprint density at radius 1 is 1.50 bits per heavy atom. The first-order valence-corrected chi connectivity index (χ1v) is 5.07. The molecule has 1 aromatic heterocycles. The van der Waals surface area contributed by atoms with E-state index >= 15 is 0 Å². The summed E-state index contributed by atoms with van der Waals surface area (Å²) in [6.07, 6.45) is -4.03. The van der Waals surface area contributed by atoms with Gasteiger partial charge in [-0.25, -0.2) is 0 Å². The van der Waals surface area contributed by atoms with Gasteiger partial charge >= 0.3 is 6.36 Å². The zero-order chi connectivity index (χ0) is 12.3. The molecule has 0 unspecified atom stereocenters. The highest BCUT2D eigenvalue weighted by Gasteiger charge is 2.33. The van der Waals surface area contributed by atoms with E-state index in [1.165, 1.54) is 0 Å². The van der Waals surface area contributed by atoms with Crippen molar-refractivity contribution in [3.8, 4) is 17.2 Å². The molecule has 0 fully saturated rings. The Bertz CT molecular complexity index is 384. The van der Waals surface area contributed by atoms with E-state index in [0.29, 0.717) is 0 Å². The Morgan fingerprint density at radius 2 is 2.12 bits per heavy atom. The number of pyridine rings is 1. The van der Waals surface area contributed by atoms with E-state index in [2.05, 4.69) is 30.4 Å². The largest absolute Gasteiger partial charge is 0.573 e. The van der Waals surface area contributed by atoms with Crippen molar-refractivity contribution in [2.24, 2.45) is 0 Å². The summed E-state index contributed by atoms with van der Waals surface area (Å²) in [7, 11) is 1.12. The first kappa shape index (κ1) is 12.9. The van der Waals surface area contributed by atoms with Gasteiger partial charge in [-0.1, -0.05) is 15.9 Å². The topological polar surface area (TPSA) is 51.6 Å². The summed E-state index contributed by atoms with van der Waals surface area (Å²) in [5.41, 5.74) is 0.159. The number of aromatic hydroxyl groups is 1. The van der Waals surface area contributed by atoms with E-state index in [9.17, 15) is 18.3 Å². The van der Waals surface area contributed by atoms with Gasteiger partial charge in [0.2, 0.25) is 5.75 Å². The molecular formula is C8H7BrF3NO3. The van der Waals surface area contributed by atoms with Crippen LogP contribution in [0.1, 0.15) is 5.69 Å². The Morgan fingerprint density at radius 3 is 2.56 bits per heavy atom. The number of hydrogen-bond donors (Lipinski definition) is 1. The van der Waals surface area contributed by atoms with E-state index in [1.807, 2.05) is 0 Å². The van der Waals surface area contributed by atoms with Gasteiger partial charge in [-0.3, -0.25) is 4.98 Å². The van der Waals surface area contributed by atoms with Crippen molar-refractivity contribution in [1.29, 1.82) is 0 Å². The molecule has 1 aromatic rings. The van der Waals surface area contributed by atoms with Gasteiger partial charge in [-0.15, -0.1) is 13.2 Å². The number of alkyl halides is 4. The molecule has 0 radical (unpaired) electrons. The number of aromatic nitrogens is 1. The van der Waals surface area contributed by atoms with Crippen LogP contribution in [0.15, 0.2) is 6.20 Å². The van der Waals surface area contributed by atoms with Crippen LogP contribution in [0.4, 0.5) is 13.2 Å². The number of halogens is 4. The van der Waals surface area contributed by atoms with Gasteiger partial charge in [-0.2, -0.15) is 0 Å². The molecule has 1 heterocycles. The number of ether oxygens (including phenoxy) is 2. The van der Waals surface area contributed by atoms with Crippen molar-refractivity contribution < 1.29 is 27.8 Å². The highest BCUT2D eigenvalue weighted by atomic mass is 79.9. The number of nitrogens with zero attached hydrogens (tertiary/aromatic N) is 1. The van der Waals surface area contributed by atoms with Gasteiger partial charge in [0.15, 0.2) is 11.5 Å².